The summed E-state index contributed by atoms with van der Waals surface area (Å²) in [5, 5.41) is 11.2. The molecule has 0 aromatic heterocycles. The minimum absolute atomic E-state index is 0.0986. The van der Waals surface area contributed by atoms with Crippen molar-refractivity contribution >= 4 is 16.7 Å². The summed E-state index contributed by atoms with van der Waals surface area (Å²) in [6.45, 7) is 1.03. The molecule has 1 saturated carbocycles. The first kappa shape index (κ1) is 24.2. The fourth-order valence-corrected chi connectivity index (χ4v) is 5.19. The topological polar surface area (TPSA) is 46.5 Å². The van der Waals surface area contributed by atoms with Crippen molar-refractivity contribution in [1.29, 1.82) is 0 Å². The van der Waals surface area contributed by atoms with E-state index >= 15 is 4.39 Å². The van der Waals surface area contributed by atoms with Gasteiger partial charge in [-0.1, -0.05) is 78.9 Å². The minimum Gasteiger partial charge on any atom is -0.481 e. The second kappa shape index (κ2) is 11.9. The largest absolute Gasteiger partial charge is 0.481 e. The summed E-state index contributed by atoms with van der Waals surface area (Å²) in [5.41, 5.74) is 2.30. The summed E-state index contributed by atoms with van der Waals surface area (Å²) < 4.78 is 21.4. The maximum absolute atomic E-state index is 15.2. The lowest BCUT2D eigenvalue weighted by Gasteiger charge is -2.25. The van der Waals surface area contributed by atoms with Crippen molar-refractivity contribution in [2.24, 2.45) is 11.8 Å². The van der Waals surface area contributed by atoms with Crippen LogP contribution in [0.25, 0.3) is 10.8 Å². The number of fused-ring (bicyclic) bond motifs is 1. The molecule has 1 aliphatic carbocycles. The third-order valence-electron chi connectivity index (χ3n) is 6.97. The molecule has 3 nitrogen and oxygen atoms in total. The van der Waals surface area contributed by atoms with Gasteiger partial charge in [-0.05, 0) is 71.4 Å². The van der Waals surface area contributed by atoms with Gasteiger partial charge in [-0.2, -0.15) is 0 Å². The van der Waals surface area contributed by atoms with Crippen LogP contribution in [-0.2, 0) is 16.1 Å². The van der Waals surface area contributed by atoms with Crippen LogP contribution in [0.1, 0.15) is 49.1 Å². The van der Waals surface area contributed by atoms with Crippen LogP contribution in [-0.4, -0.2) is 23.9 Å². The average Bonchev–Trinajstić information content (AvgIpc) is 3.16. The summed E-state index contributed by atoms with van der Waals surface area (Å²) in [6.07, 6.45) is 5.82. The molecule has 178 valence electrons. The number of alkyl halides is 1. The van der Waals surface area contributed by atoms with Gasteiger partial charge in [0.2, 0.25) is 0 Å². The fraction of sp³-hybridized carbons (Fsp3) is 0.367. The monoisotopic (exact) mass is 460 g/mol. The second-order valence-electron chi connectivity index (χ2n) is 9.29. The van der Waals surface area contributed by atoms with Crippen molar-refractivity contribution < 1.29 is 19.0 Å². The van der Waals surface area contributed by atoms with Crippen molar-refractivity contribution in [2.75, 3.05) is 6.61 Å². The van der Waals surface area contributed by atoms with E-state index in [1.54, 1.807) is 0 Å². The van der Waals surface area contributed by atoms with E-state index in [2.05, 4.69) is 42.5 Å². The van der Waals surface area contributed by atoms with Crippen LogP contribution in [0.3, 0.4) is 0 Å². The van der Waals surface area contributed by atoms with Gasteiger partial charge in [0, 0.05) is 6.42 Å². The van der Waals surface area contributed by atoms with Gasteiger partial charge in [-0.25, -0.2) is 4.39 Å². The Morgan fingerprint density at radius 2 is 1.74 bits per heavy atom. The Morgan fingerprint density at radius 3 is 2.53 bits per heavy atom. The molecule has 4 rings (SSSR count). The van der Waals surface area contributed by atoms with E-state index in [0.717, 1.165) is 5.56 Å². The van der Waals surface area contributed by atoms with Crippen LogP contribution in [0.15, 0.2) is 84.9 Å². The van der Waals surface area contributed by atoms with Crippen molar-refractivity contribution in [3.05, 3.63) is 96.1 Å². The zero-order valence-corrected chi connectivity index (χ0v) is 19.5. The number of ether oxygens (including phenoxy) is 1. The quantitative estimate of drug-likeness (QED) is 0.241. The third-order valence-corrected chi connectivity index (χ3v) is 6.97. The lowest BCUT2D eigenvalue weighted by molar-refractivity contribution is -0.137. The molecule has 1 fully saturated rings. The number of carboxylic acids is 1. The molecule has 0 radical (unpaired) electrons. The van der Waals surface area contributed by atoms with Crippen LogP contribution in [0.5, 0.6) is 0 Å². The molecule has 4 heteroatoms. The number of halogens is 1. The van der Waals surface area contributed by atoms with E-state index in [4.69, 9.17) is 9.84 Å². The van der Waals surface area contributed by atoms with Gasteiger partial charge in [0.05, 0.1) is 13.2 Å². The van der Waals surface area contributed by atoms with Crippen molar-refractivity contribution in [2.45, 2.75) is 50.8 Å². The Kier molecular flexibility index (Phi) is 8.48. The molecule has 1 N–H and O–H groups in total. The molecule has 3 aromatic carbocycles. The lowest BCUT2D eigenvalue weighted by atomic mass is 9.84. The Labute approximate surface area is 201 Å². The normalized spacial score (nSPS) is 22.5. The first-order valence-electron chi connectivity index (χ1n) is 12.2. The molecule has 34 heavy (non-hydrogen) atoms. The highest BCUT2D eigenvalue weighted by Crippen LogP contribution is 2.47. The Bertz CT molecular complexity index is 1090. The number of aliphatic carboxylic acids is 1. The number of allylic oxidation sites excluding steroid dienone is 2. The predicted octanol–water partition coefficient (Wildman–Crippen LogP) is 7.32. The Hall–Kier alpha value is -2.98. The van der Waals surface area contributed by atoms with E-state index in [-0.39, 0.29) is 24.2 Å². The number of hydrogen-bond donors (Lipinski definition) is 1. The van der Waals surface area contributed by atoms with Crippen molar-refractivity contribution in [3.8, 4) is 0 Å². The summed E-state index contributed by atoms with van der Waals surface area (Å²) in [4.78, 5) is 10.7. The van der Waals surface area contributed by atoms with Gasteiger partial charge < -0.3 is 9.84 Å². The molecule has 0 aliphatic heterocycles. The first-order valence-corrected chi connectivity index (χ1v) is 12.2. The molecule has 3 aromatic rings. The van der Waals surface area contributed by atoms with Crippen LogP contribution in [0.2, 0.25) is 0 Å². The van der Waals surface area contributed by atoms with E-state index in [1.165, 1.54) is 16.3 Å². The number of rotatable bonds is 11. The molecule has 0 bridgehead atoms. The van der Waals surface area contributed by atoms with Crippen LogP contribution < -0.4 is 0 Å². The molecule has 0 heterocycles. The molecule has 1 aliphatic rings. The minimum atomic E-state index is -0.872. The summed E-state index contributed by atoms with van der Waals surface area (Å²) in [6, 6.07) is 24.9. The van der Waals surface area contributed by atoms with Gasteiger partial charge >= 0.3 is 5.97 Å². The number of carboxylic acid groups (broad SMARTS) is 1. The van der Waals surface area contributed by atoms with Gasteiger partial charge in [0.25, 0.3) is 0 Å². The number of hydrogen-bond acceptors (Lipinski definition) is 2. The number of benzene rings is 3. The zero-order chi connectivity index (χ0) is 23.8. The van der Waals surface area contributed by atoms with Gasteiger partial charge in [-0.3, -0.25) is 4.79 Å². The molecular weight excluding hydrogens is 427 g/mol. The van der Waals surface area contributed by atoms with Gasteiger partial charge in [0.1, 0.15) is 6.17 Å². The lowest BCUT2D eigenvalue weighted by Crippen LogP contribution is -2.22. The van der Waals surface area contributed by atoms with Gasteiger partial charge in [-0.15, -0.1) is 0 Å². The molecule has 0 saturated heterocycles. The standard InChI is InChI=1S/C30H33FO3/c31-29-19-27(24-11-4-3-5-12-24)28(26(29)14-6-1-2-7-15-30(32)33)21-34-20-22-16-17-23-10-8-9-13-25(23)18-22/h1,3-6,8-13,16-18,26-29H,2,7,14-15,19-21H2,(H,32,33)/b6-1+/t26-,27?,28-,29+/m1/s1. The van der Waals surface area contributed by atoms with Crippen LogP contribution >= 0.6 is 0 Å². The second-order valence-corrected chi connectivity index (χ2v) is 9.29. The molecule has 0 amide bonds. The maximum Gasteiger partial charge on any atom is 0.303 e. The SMILES string of the molecule is O=C(O)CCC/C=C/C[C@H]1[C@@H](F)CC(c2ccccc2)[C@@H]1COCc1ccc2ccccc2c1. The highest BCUT2D eigenvalue weighted by molar-refractivity contribution is 5.82. The first-order chi connectivity index (χ1) is 16.6. The fourth-order valence-electron chi connectivity index (χ4n) is 5.19. The van der Waals surface area contributed by atoms with Crippen LogP contribution in [0.4, 0.5) is 4.39 Å². The summed E-state index contributed by atoms with van der Waals surface area (Å²) >= 11 is 0. The molecular formula is C30H33FO3. The van der Waals surface area contributed by atoms with Gasteiger partial charge in [0.15, 0.2) is 0 Å². The molecule has 0 spiro atoms. The van der Waals surface area contributed by atoms with Crippen molar-refractivity contribution in [1.82, 2.24) is 0 Å². The van der Waals surface area contributed by atoms with E-state index in [9.17, 15) is 4.79 Å². The zero-order valence-electron chi connectivity index (χ0n) is 19.5. The molecule has 4 atom stereocenters. The number of carbonyl (C=O) groups is 1. The summed E-state index contributed by atoms with van der Waals surface area (Å²) in [5.74, 6) is -0.639. The third kappa shape index (κ3) is 6.32. The highest BCUT2D eigenvalue weighted by Gasteiger charge is 2.43. The Morgan fingerprint density at radius 1 is 0.971 bits per heavy atom. The van der Waals surface area contributed by atoms with Crippen LogP contribution in [0, 0.1) is 11.8 Å². The molecule has 1 unspecified atom stereocenters. The maximum atomic E-state index is 15.2. The van der Waals surface area contributed by atoms with Crippen molar-refractivity contribution in [3.63, 3.8) is 0 Å². The van der Waals surface area contributed by atoms with E-state index in [1.807, 2.05) is 42.5 Å². The van der Waals surface area contributed by atoms with E-state index in [0.29, 0.717) is 38.9 Å². The highest BCUT2D eigenvalue weighted by atomic mass is 19.1. The smallest absolute Gasteiger partial charge is 0.303 e. The average molecular weight is 461 g/mol. The Balaban J connectivity index is 1.41. The summed E-state index contributed by atoms with van der Waals surface area (Å²) in [7, 11) is 0. The number of unbranched alkanes of at least 4 members (excludes halogenated alkanes) is 1. The van der Waals surface area contributed by atoms with E-state index < -0.39 is 12.1 Å². The predicted molar refractivity (Wildman–Crippen MR) is 135 cm³/mol.